The summed E-state index contributed by atoms with van der Waals surface area (Å²) in [7, 11) is 0. The zero-order valence-electron chi connectivity index (χ0n) is 12.9. The van der Waals surface area contributed by atoms with Crippen LogP contribution in [0.4, 0.5) is 0 Å². The molecule has 0 amide bonds. The Bertz CT molecular complexity index is 1060. The first-order chi connectivity index (χ1) is 11.9. The molecule has 0 spiro atoms. The molecule has 0 fully saturated rings. The second kappa shape index (κ2) is 5.20. The second-order valence-corrected chi connectivity index (χ2v) is 5.99. The number of rotatable bonds is 1. The Labute approximate surface area is 139 Å². The van der Waals surface area contributed by atoms with Crippen LogP contribution in [0.2, 0.25) is 0 Å². The number of fused-ring (bicyclic) bond motifs is 4. The average molecular weight is 310 g/mol. The SMILES string of the molecule is c1cnc2c(c1)CC(c1cnc3ccccc3n1)c1cccnc1-2. The van der Waals surface area contributed by atoms with E-state index in [9.17, 15) is 0 Å². The van der Waals surface area contributed by atoms with Crippen molar-refractivity contribution < 1.29 is 0 Å². The van der Waals surface area contributed by atoms with Gasteiger partial charge in [0.1, 0.15) is 0 Å². The number of pyridine rings is 2. The molecule has 4 nitrogen and oxygen atoms in total. The van der Waals surface area contributed by atoms with Crippen molar-refractivity contribution in [3.05, 3.63) is 83.9 Å². The molecule has 0 bridgehead atoms. The minimum absolute atomic E-state index is 0.155. The Morgan fingerprint density at radius 3 is 2.46 bits per heavy atom. The lowest BCUT2D eigenvalue weighted by Gasteiger charge is -2.25. The van der Waals surface area contributed by atoms with Gasteiger partial charge in [0.2, 0.25) is 0 Å². The zero-order valence-corrected chi connectivity index (χ0v) is 12.9. The number of aromatic nitrogens is 4. The van der Waals surface area contributed by atoms with Crippen LogP contribution in [0.15, 0.2) is 67.1 Å². The van der Waals surface area contributed by atoms with Crippen molar-refractivity contribution in [2.24, 2.45) is 0 Å². The predicted molar refractivity (Wildman–Crippen MR) is 92.6 cm³/mol. The average Bonchev–Trinajstić information content (AvgIpc) is 2.67. The minimum atomic E-state index is 0.155. The van der Waals surface area contributed by atoms with Crippen LogP contribution in [-0.4, -0.2) is 19.9 Å². The Balaban J connectivity index is 1.71. The van der Waals surface area contributed by atoms with Crippen molar-refractivity contribution in [1.29, 1.82) is 0 Å². The number of hydrogen-bond acceptors (Lipinski definition) is 4. The fourth-order valence-electron chi connectivity index (χ4n) is 3.45. The molecule has 5 rings (SSSR count). The summed E-state index contributed by atoms with van der Waals surface area (Å²) in [6, 6.07) is 16.2. The van der Waals surface area contributed by atoms with Crippen LogP contribution >= 0.6 is 0 Å². The molecular weight excluding hydrogens is 296 g/mol. The lowest BCUT2D eigenvalue weighted by Crippen LogP contribution is -2.16. The summed E-state index contributed by atoms with van der Waals surface area (Å²) in [5.41, 5.74) is 7.16. The van der Waals surface area contributed by atoms with Crippen molar-refractivity contribution in [3.63, 3.8) is 0 Å². The molecular formula is C20H14N4. The maximum Gasteiger partial charge on any atom is 0.0927 e. The first kappa shape index (κ1) is 13.3. The molecule has 114 valence electrons. The fraction of sp³-hybridized carbons (Fsp3) is 0.100. The van der Waals surface area contributed by atoms with E-state index in [1.807, 2.05) is 55.0 Å². The van der Waals surface area contributed by atoms with Crippen molar-refractivity contribution in [3.8, 4) is 11.4 Å². The summed E-state index contributed by atoms with van der Waals surface area (Å²) >= 11 is 0. The summed E-state index contributed by atoms with van der Waals surface area (Å²) in [5.74, 6) is 0.155. The number of benzene rings is 1. The van der Waals surface area contributed by atoms with Gasteiger partial charge in [-0.3, -0.25) is 15.0 Å². The van der Waals surface area contributed by atoms with E-state index < -0.39 is 0 Å². The van der Waals surface area contributed by atoms with E-state index in [4.69, 9.17) is 4.98 Å². The normalized spacial score (nSPS) is 15.8. The third-order valence-corrected chi connectivity index (χ3v) is 4.58. The van der Waals surface area contributed by atoms with E-state index >= 15 is 0 Å². The van der Waals surface area contributed by atoms with Crippen LogP contribution in [-0.2, 0) is 6.42 Å². The molecule has 3 aromatic heterocycles. The molecule has 4 heteroatoms. The van der Waals surface area contributed by atoms with Gasteiger partial charge in [-0.15, -0.1) is 0 Å². The zero-order chi connectivity index (χ0) is 15.9. The van der Waals surface area contributed by atoms with Crippen LogP contribution in [0.5, 0.6) is 0 Å². The van der Waals surface area contributed by atoms with Crippen LogP contribution < -0.4 is 0 Å². The van der Waals surface area contributed by atoms with Gasteiger partial charge in [-0.25, -0.2) is 4.98 Å². The van der Waals surface area contributed by atoms with E-state index in [2.05, 4.69) is 27.1 Å². The van der Waals surface area contributed by atoms with E-state index in [0.29, 0.717) is 0 Å². The van der Waals surface area contributed by atoms with Crippen molar-refractivity contribution in [1.82, 2.24) is 19.9 Å². The lowest BCUT2D eigenvalue weighted by molar-refractivity contribution is 0.752. The first-order valence-electron chi connectivity index (χ1n) is 8.01. The molecule has 0 aliphatic heterocycles. The maximum atomic E-state index is 4.86. The molecule has 3 heterocycles. The highest BCUT2D eigenvalue weighted by Gasteiger charge is 2.28. The number of nitrogens with zero attached hydrogens (tertiary/aromatic N) is 4. The van der Waals surface area contributed by atoms with E-state index in [-0.39, 0.29) is 5.92 Å². The van der Waals surface area contributed by atoms with Gasteiger partial charge < -0.3 is 0 Å². The summed E-state index contributed by atoms with van der Waals surface area (Å²) in [6.07, 6.45) is 6.42. The largest absolute Gasteiger partial charge is 0.254 e. The van der Waals surface area contributed by atoms with Crippen molar-refractivity contribution in [2.75, 3.05) is 0 Å². The van der Waals surface area contributed by atoms with E-state index in [1.54, 1.807) is 0 Å². The summed E-state index contributed by atoms with van der Waals surface area (Å²) in [4.78, 5) is 18.6. The van der Waals surface area contributed by atoms with E-state index in [0.717, 1.165) is 34.5 Å². The molecule has 24 heavy (non-hydrogen) atoms. The molecule has 0 N–H and O–H groups in total. The molecule has 1 atom stereocenters. The molecule has 1 aliphatic carbocycles. The van der Waals surface area contributed by atoms with Crippen LogP contribution in [0.25, 0.3) is 22.4 Å². The molecule has 0 saturated heterocycles. The van der Waals surface area contributed by atoms with Gasteiger partial charge >= 0.3 is 0 Å². The third-order valence-electron chi connectivity index (χ3n) is 4.58. The van der Waals surface area contributed by atoms with Crippen molar-refractivity contribution in [2.45, 2.75) is 12.3 Å². The van der Waals surface area contributed by atoms with Gasteiger partial charge in [-0.1, -0.05) is 24.3 Å². The topological polar surface area (TPSA) is 51.6 Å². The highest BCUT2D eigenvalue weighted by Crippen LogP contribution is 2.39. The summed E-state index contributed by atoms with van der Waals surface area (Å²) in [6.45, 7) is 0. The predicted octanol–water partition coefficient (Wildman–Crippen LogP) is 3.77. The summed E-state index contributed by atoms with van der Waals surface area (Å²) in [5, 5.41) is 0. The minimum Gasteiger partial charge on any atom is -0.254 e. The Hall–Kier alpha value is -3.14. The number of hydrogen-bond donors (Lipinski definition) is 0. The standard InChI is InChI=1S/C20H14N4/c1-2-8-17-16(7-1)23-12-18(24-17)15-11-13-5-3-9-21-19(13)20-14(15)6-4-10-22-20/h1-10,12,15H,11H2. The maximum absolute atomic E-state index is 4.86. The number of para-hydroxylation sites is 2. The van der Waals surface area contributed by atoms with Crippen LogP contribution in [0.1, 0.15) is 22.7 Å². The van der Waals surface area contributed by atoms with Gasteiger partial charge in [-0.2, -0.15) is 0 Å². The molecule has 1 aromatic carbocycles. The Morgan fingerprint density at radius 2 is 1.54 bits per heavy atom. The summed E-state index contributed by atoms with van der Waals surface area (Å²) < 4.78 is 0. The Kier molecular flexibility index (Phi) is 2.88. The fourth-order valence-corrected chi connectivity index (χ4v) is 3.45. The van der Waals surface area contributed by atoms with Gasteiger partial charge in [0.25, 0.3) is 0 Å². The Morgan fingerprint density at radius 1 is 0.750 bits per heavy atom. The smallest absolute Gasteiger partial charge is 0.0927 e. The van der Waals surface area contributed by atoms with Gasteiger partial charge in [0, 0.05) is 24.5 Å². The van der Waals surface area contributed by atoms with Crippen LogP contribution in [0, 0.1) is 0 Å². The molecule has 1 unspecified atom stereocenters. The van der Waals surface area contributed by atoms with Gasteiger partial charge in [-0.05, 0) is 41.8 Å². The van der Waals surface area contributed by atoms with Gasteiger partial charge in [0.05, 0.1) is 28.1 Å². The molecule has 1 aliphatic rings. The first-order valence-corrected chi connectivity index (χ1v) is 8.01. The highest BCUT2D eigenvalue weighted by molar-refractivity contribution is 5.74. The molecule has 4 aromatic rings. The van der Waals surface area contributed by atoms with Crippen LogP contribution in [0.3, 0.4) is 0 Å². The monoisotopic (exact) mass is 310 g/mol. The van der Waals surface area contributed by atoms with E-state index in [1.165, 1.54) is 11.1 Å². The van der Waals surface area contributed by atoms with Gasteiger partial charge in [0.15, 0.2) is 0 Å². The highest BCUT2D eigenvalue weighted by atomic mass is 14.8. The second-order valence-electron chi connectivity index (χ2n) is 5.99. The third kappa shape index (κ3) is 2.00. The quantitative estimate of drug-likeness (QED) is 0.537. The van der Waals surface area contributed by atoms with Crippen molar-refractivity contribution >= 4 is 11.0 Å². The molecule has 0 radical (unpaired) electrons. The lowest BCUT2D eigenvalue weighted by atomic mass is 9.82. The molecule has 0 saturated carbocycles.